The third-order valence-corrected chi connectivity index (χ3v) is 3.84. The second-order valence-corrected chi connectivity index (χ2v) is 5.80. The number of halogens is 3. The average molecular weight is 367 g/mol. The molecule has 3 aromatic rings. The summed E-state index contributed by atoms with van der Waals surface area (Å²) in [6.07, 6.45) is 1.52. The Morgan fingerprint density at radius 3 is 2.26 bits per heavy atom. The molecule has 0 aliphatic rings. The van der Waals surface area contributed by atoms with Gasteiger partial charge >= 0.3 is 0 Å². The highest BCUT2D eigenvalue weighted by molar-refractivity contribution is 6.42. The Balaban J connectivity index is 1.76. The zero-order valence-electron chi connectivity index (χ0n) is 11.6. The van der Waals surface area contributed by atoms with Gasteiger partial charge in [-0.15, -0.1) is 5.10 Å². The first-order valence-corrected chi connectivity index (χ1v) is 7.68. The predicted molar refractivity (Wildman–Crippen MR) is 94.3 cm³/mol. The molecule has 8 heteroatoms. The van der Waals surface area contributed by atoms with E-state index in [4.69, 9.17) is 34.8 Å². The van der Waals surface area contributed by atoms with Crippen molar-refractivity contribution in [1.29, 1.82) is 0 Å². The van der Waals surface area contributed by atoms with Crippen LogP contribution in [0.1, 0.15) is 0 Å². The Bertz CT molecular complexity index is 824. The lowest BCUT2D eigenvalue weighted by Gasteiger charge is -2.08. The largest absolute Gasteiger partial charge is 0.339 e. The quantitative estimate of drug-likeness (QED) is 0.654. The smallest absolute Gasteiger partial charge is 0.249 e. The van der Waals surface area contributed by atoms with E-state index in [1.807, 2.05) is 12.1 Å². The number of nitrogens with zero attached hydrogens (tertiary/aromatic N) is 3. The van der Waals surface area contributed by atoms with Gasteiger partial charge in [-0.2, -0.15) is 10.1 Å². The molecule has 0 bridgehead atoms. The fourth-order valence-corrected chi connectivity index (χ4v) is 2.22. The number of hydrogen-bond acceptors (Lipinski definition) is 5. The number of benzene rings is 2. The Morgan fingerprint density at radius 1 is 0.783 bits per heavy atom. The van der Waals surface area contributed by atoms with E-state index in [1.165, 1.54) is 6.20 Å². The second kappa shape index (κ2) is 7.00. The minimum absolute atomic E-state index is 0.336. The van der Waals surface area contributed by atoms with Crippen LogP contribution in [0.3, 0.4) is 0 Å². The van der Waals surface area contributed by atoms with E-state index in [-0.39, 0.29) is 0 Å². The molecule has 0 unspecified atom stereocenters. The highest BCUT2D eigenvalue weighted by Crippen LogP contribution is 2.26. The molecule has 0 atom stereocenters. The van der Waals surface area contributed by atoms with Gasteiger partial charge in [0.2, 0.25) is 5.95 Å². The zero-order chi connectivity index (χ0) is 16.2. The van der Waals surface area contributed by atoms with Crippen LogP contribution in [-0.4, -0.2) is 15.2 Å². The van der Waals surface area contributed by atoms with Crippen molar-refractivity contribution in [2.45, 2.75) is 0 Å². The first-order chi connectivity index (χ1) is 11.1. The highest BCUT2D eigenvalue weighted by atomic mass is 35.5. The molecule has 23 heavy (non-hydrogen) atoms. The number of aromatic nitrogens is 3. The van der Waals surface area contributed by atoms with Crippen LogP contribution in [0.15, 0.2) is 48.7 Å². The molecular weight excluding hydrogens is 357 g/mol. The second-order valence-electron chi connectivity index (χ2n) is 4.55. The standard InChI is InChI=1S/C15H10Cl3N5/c16-9-1-3-10(4-2-9)20-14-8-19-23-15(22-14)21-11-5-6-12(17)13(18)7-11/h1-8H,(H2,20,21,22,23). The van der Waals surface area contributed by atoms with Crippen molar-refractivity contribution < 1.29 is 0 Å². The van der Waals surface area contributed by atoms with Gasteiger partial charge in [0.1, 0.15) is 0 Å². The van der Waals surface area contributed by atoms with E-state index in [2.05, 4.69) is 25.8 Å². The van der Waals surface area contributed by atoms with Crippen LogP contribution < -0.4 is 10.6 Å². The molecule has 0 spiro atoms. The lowest BCUT2D eigenvalue weighted by Crippen LogP contribution is -2.02. The lowest BCUT2D eigenvalue weighted by atomic mass is 10.3. The van der Waals surface area contributed by atoms with E-state index in [9.17, 15) is 0 Å². The van der Waals surface area contributed by atoms with Crippen molar-refractivity contribution in [3.63, 3.8) is 0 Å². The van der Waals surface area contributed by atoms with E-state index in [0.717, 1.165) is 5.69 Å². The molecule has 3 rings (SSSR count). The van der Waals surface area contributed by atoms with Crippen LogP contribution in [0.4, 0.5) is 23.1 Å². The third kappa shape index (κ3) is 4.22. The summed E-state index contributed by atoms with van der Waals surface area (Å²) in [5.74, 6) is 0.882. The molecule has 116 valence electrons. The molecule has 2 aromatic carbocycles. The first-order valence-electron chi connectivity index (χ1n) is 6.54. The maximum absolute atomic E-state index is 5.98. The Hall–Kier alpha value is -2.08. The highest BCUT2D eigenvalue weighted by Gasteiger charge is 2.04. The SMILES string of the molecule is Clc1ccc(Nc2cnnc(Nc3ccc(Cl)c(Cl)c3)n2)cc1. The van der Waals surface area contributed by atoms with Gasteiger partial charge in [0.05, 0.1) is 16.2 Å². The molecule has 0 saturated carbocycles. The fraction of sp³-hybridized carbons (Fsp3) is 0. The fourth-order valence-electron chi connectivity index (χ4n) is 1.80. The Labute approximate surface area is 147 Å². The first kappa shape index (κ1) is 15.8. The van der Waals surface area contributed by atoms with Crippen LogP contribution in [0.25, 0.3) is 0 Å². The summed E-state index contributed by atoms with van der Waals surface area (Å²) < 4.78 is 0. The van der Waals surface area contributed by atoms with Crippen molar-refractivity contribution in [2.75, 3.05) is 10.6 Å². The van der Waals surface area contributed by atoms with Crippen molar-refractivity contribution in [2.24, 2.45) is 0 Å². The van der Waals surface area contributed by atoms with Crippen LogP contribution in [-0.2, 0) is 0 Å². The van der Waals surface area contributed by atoms with E-state index < -0.39 is 0 Å². The van der Waals surface area contributed by atoms with Gasteiger partial charge in [-0.1, -0.05) is 34.8 Å². The molecule has 0 aliphatic heterocycles. The van der Waals surface area contributed by atoms with Gasteiger partial charge < -0.3 is 10.6 Å². The lowest BCUT2D eigenvalue weighted by molar-refractivity contribution is 0.982. The van der Waals surface area contributed by atoms with Gasteiger partial charge in [0.25, 0.3) is 0 Å². The molecule has 0 radical (unpaired) electrons. The summed E-state index contributed by atoms with van der Waals surface area (Å²) in [4.78, 5) is 4.33. The van der Waals surface area contributed by atoms with Gasteiger partial charge in [0, 0.05) is 16.4 Å². The van der Waals surface area contributed by atoms with Crippen LogP contribution in [0.2, 0.25) is 15.1 Å². The summed E-state index contributed by atoms with van der Waals surface area (Å²) in [6, 6.07) is 12.4. The molecule has 2 N–H and O–H groups in total. The van der Waals surface area contributed by atoms with Gasteiger partial charge in [-0.05, 0) is 42.5 Å². The summed E-state index contributed by atoms with van der Waals surface area (Å²) in [5, 5.41) is 15.6. The summed E-state index contributed by atoms with van der Waals surface area (Å²) in [6.45, 7) is 0. The van der Waals surface area contributed by atoms with Crippen LogP contribution in [0.5, 0.6) is 0 Å². The summed E-state index contributed by atoms with van der Waals surface area (Å²) in [7, 11) is 0. The van der Waals surface area contributed by atoms with E-state index in [0.29, 0.717) is 32.5 Å². The number of anilines is 4. The molecule has 0 aliphatic carbocycles. The maximum atomic E-state index is 5.98. The van der Waals surface area contributed by atoms with Gasteiger partial charge in [-0.25, -0.2) is 0 Å². The van der Waals surface area contributed by atoms with Gasteiger partial charge in [0.15, 0.2) is 5.82 Å². The van der Waals surface area contributed by atoms with Crippen LogP contribution >= 0.6 is 34.8 Å². The van der Waals surface area contributed by atoms with Crippen molar-refractivity contribution >= 4 is 57.9 Å². The van der Waals surface area contributed by atoms with Crippen molar-refractivity contribution in [3.05, 3.63) is 63.7 Å². The monoisotopic (exact) mass is 365 g/mol. The molecule has 0 saturated heterocycles. The molecule has 1 heterocycles. The average Bonchev–Trinajstić information content (AvgIpc) is 2.54. The molecule has 1 aromatic heterocycles. The maximum Gasteiger partial charge on any atom is 0.249 e. The summed E-state index contributed by atoms with van der Waals surface area (Å²) >= 11 is 17.7. The van der Waals surface area contributed by atoms with Gasteiger partial charge in [-0.3, -0.25) is 0 Å². The van der Waals surface area contributed by atoms with Crippen molar-refractivity contribution in [1.82, 2.24) is 15.2 Å². The molecular formula is C15H10Cl3N5. The zero-order valence-corrected chi connectivity index (χ0v) is 13.9. The number of rotatable bonds is 4. The van der Waals surface area contributed by atoms with Crippen LogP contribution in [0, 0.1) is 0 Å². The number of hydrogen-bond donors (Lipinski definition) is 2. The minimum Gasteiger partial charge on any atom is -0.339 e. The minimum atomic E-state index is 0.336. The predicted octanol–water partition coefficient (Wildman–Crippen LogP) is 5.32. The third-order valence-electron chi connectivity index (χ3n) is 2.85. The number of nitrogens with one attached hydrogen (secondary N) is 2. The molecule has 5 nitrogen and oxygen atoms in total. The van der Waals surface area contributed by atoms with Crippen molar-refractivity contribution in [3.8, 4) is 0 Å². The Morgan fingerprint density at radius 2 is 1.52 bits per heavy atom. The summed E-state index contributed by atoms with van der Waals surface area (Å²) in [5.41, 5.74) is 1.56. The molecule has 0 amide bonds. The Kier molecular flexibility index (Phi) is 4.81. The van der Waals surface area contributed by atoms with E-state index >= 15 is 0 Å². The van der Waals surface area contributed by atoms with E-state index in [1.54, 1.807) is 30.3 Å². The molecule has 0 fully saturated rings. The normalized spacial score (nSPS) is 10.4. The topological polar surface area (TPSA) is 62.7 Å².